The van der Waals surface area contributed by atoms with Crippen LogP contribution in [-0.2, 0) is 36.7 Å². The predicted octanol–water partition coefficient (Wildman–Crippen LogP) is 12.8. The zero-order chi connectivity index (χ0) is 63.2. The molecule has 4 aromatic rings. The maximum Gasteiger partial charge on any atom is 0.340 e. The number of carbonyl (C=O) groups excluding carboxylic acids is 3. The second-order valence-corrected chi connectivity index (χ2v) is 30.0. The highest BCUT2D eigenvalue weighted by Gasteiger charge is 2.73. The fourth-order valence-electron chi connectivity index (χ4n) is 20.5. The number of nitrogens with one attached hydrogen (secondary N) is 4. The molecular formula is C80H92N4O8. The van der Waals surface area contributed by atoms with Crippen molar-refractivity contribution in [3.05, 3.63) is 177 Å². The van der Waals surface area contributed by atoms with Crippen molar-refractivity contribution in [1.82, 2.24) is 21.3 Å². The summed E-state index contributed by atoms with van der Waals surface area (Å²) in [6.07, 6.45) is 24.6. The molecule has 0 radical (unpaired) electrons. The van der Waals surface area contributed by atoms with E-state index in [0.29, 0.717) is 74.2 Å². The number of phenolic OH excluding ortho intramolecular Hbond substituents is 1. The Morgan fingerprint density at radius 3 is 2.47 bits per heavy atom. The molecule has 4 aromatic carbocycles. The number of aliphatic hydroxyl groups is 2. The van der Waals surface area contributed by atoms with Gasteiger partial charge in [-0.25, -0.2) is 9.59 Å². The number of β-amino-alcohol motifs (C(OH)–C–C–N with tert-alkyl or cyclic N) is 1. The topological polar surface area (TPSA) is 178 Å². The molecule has 5 fully saturated rings. The number of fused-ring (bicyclic) bond motifs is 9. The number of carbonyl (C=O) groups is 3. The van der Waals surface area contributed by atoms with Crippen molar-refractivity contribution in [3.8, 4) is 28.7 Å². The van der Waals surface area contributed by atoms with Gasteiger partial charge in [0.25, 0.3) is 0 Å². The fourth-order valence-corrected chi connectivity index (χ4v) is 20.5. The fraction of sp³-hybridized carbons (Fsp3) is 0.512. The molecular weight excluding hydrogens is 1140 g/mol. The number of rotatable bonds is 9. The first-order valence-corrected chi connectivity index (χ1v) is 35.0. The van der Waals surface area contributed by atoms with Crippen LogP contribution in [-0.4, -0.2) is 77.6 Å². The van der Waals surface area contributed by atoms with Gasteiger partial charge in [0.1, 0.15) is 23.6 Å². The lowest BCUT2D eigenvalue weighted by Crippen LogP contribution is -2.58. The molecule has 92 heavy (non-hydrogen) atoms. The average molecular weight is 1240 g/mol. The molecule has 2 spiro atoms. The Hall–Kier alpha value is -6.69. The molecule has 0 aromatic heterocycles. The zero-order valence-corrected chi connectivity index (χ0v) is 53.9. The van der Waals surface area contributed by atoms with Crippen molar-refractivity contribution < 1.29 is 39.2 Å². The van der Waals surface area contributed by atoms with Crippen LogP contribution in [0.15, 0.2) is 150 Å². The Bertz CT molecular complexity index is 3800. The number of benzene rings is 4. The highest BCUT2D eigenvalue weighted by atomic mass is 16.6. The smallest absolute Gasteiger partial charge is 0.340 e. The van der Waals surface area contributed by atoms with Gasteiger partial charge >= 0.3 is 11.9 Å². The van der Waals surface area contributed by atoms with Gasteiger partial charge in [0, 0.05) is 53.9 Å². The molecule has 14 bridgehead atoms. The second kappa shape index (κ2) is 24.3. The molecule has 7 N–H and O–H groups in total. The van der Waals surface area contributed by atoms with Gasteiger partial charge in [-0.05, 0) is 227 Å². The number of phenols is 1. The Balaban J connectivity index is 0.952. The van der Waals surface area contributed by atoms with Crippen LogP contribution in [0.4, 0.5) is 0 Å². The summed E-state index contributed by atoms with van der Waals surface area (Å²) in [6, 6.07) is 33.5. The number of aldehydes is 1. The monoisotopic (exact) mass is 1240 g/mol. The third-order valence-electron chi connectivity index (χ3n) is 25.1. The van der Waals surface area contributed by atoms with Crippen LogP contribution >= 0.6 is 0 Å². The maximum atomic E-state index is 16.0. The van der Waals surface area contributed by atoms with E-state index < -0.39 is 33.9 Å². The third-order valence-corrected chi connectivity index (χ3v) is 25.1. The van der Waals surface area contributed by atoms with E-state index in [-0.39, 0.29) is 89.8 Å². The Morgan fingerprint density at radius 2 is 1.64 bits per heavy atom. The summed E-state index contributed by atoms with van der Waals surface area (Å²) in [5, 5.41) is 52.8. The van der Waals surface area contributed by atoms with Crippen LogP contribution in [0.3, 0.4) is 0 Å². The van der Waals surface area contributed by atoms with Gasteiger partial charge in [-0.3, -0.25) is 0 Å². The molecule has 6 aliphatic heterocycles. The highest BCUT2D eigenvalue weighted by Crippen LogP contribution is 2.77. The first kappa shape index (κ1) is 61.5. The first-order chi connectivity index (χ1) is 44.7. The molecule has 15 unspecified atom stereocenters. The van der Waals surface area contributed by atoms with E-state index in [9.17, 15) is 20.1 Å². The number of aromatic hydroxyl groups is 1. The zero-order valence-electron chi connectivity index (χ0n) is 53.9. The van der Waals surface area contributed by atoms with Crippen LogP contribution in [0.5, 0.6) is 5.75 Å². The number of hydrogen-bond donors (Lipinski definition) is 7. The van der Waals surface area contributed by atoms with E-state index in [1.54, 1.807) is 6.07 Å². The Labute approximate surface area is 543 Å². The molecule has 2 saturated heterocycles. The standard InChI is InChI=1S/C80H92N4O8/c1-4-49(39-50-13-7-5-8-14-50)41-67-80-35-24-64-69(71(80)75(88)92-67)62-45-59(86)21-22-60(62)52-16-12-17-53(42-52)65-25-34-78(64)33-23-61-66(91-74(87)70(61)73(78)80)26-32-77(57-28-37-83-68(44-57)81-3)46-55-43-58(79(90)30-9-6-10-31-79)20-19-56(29-38-85)76(2,89)48-84-72(63(55)47-77)54-18-11-15-51(40-54)27-36-82-65/h5,7-8,11-18,21-22,25-26,34,38,40-42,45,49,55-58,63-65,68,72-73,81-84,86,89-90H,4,6,9-10,23-24,27-33,35-37,39,43-44,46-48H2,1-3H3. The van der Waals surface area contributed by atoms with Crippen LogP contribution in [0.25, 0.3) is 16.7 Å². The molecule has 6 heterocycles. The molecule has 7 aliphatic carbocycles. The predicted molar refractivity (Wildman–Crippen MR) is 356 cm³/mol. The number of cyclic esters (lactones) is 1. The summed E-state index contributed by atoms with van der Waals surface area (Å²) in [7, 11) is 2.04. The van der Waals surface area contributed by atoms with Gasteiger partial charge in [0.15, 0.2) is 0 Å². The number of allylic oxidation sites excluding steroid dienone is 6. The second-order valence-electron chi connectivity index (χ2n) is 30.0. The highest BCUT2D eigenvalue weighted by molar-refractivity contribution is 6.08. The third kappa shape index (κ3) is 10.5. The van der Waals surface area contributed by atoms with E-state index in [4.69, 9.17) is 9.47 Å². The molecule has 0 amide bonds. The Morgan fingerprint density at radius 1 is 0.804 bits per heavy atom. The van der Waals surface area contributed by atoms with E-state index in [0.717, 1.165) is 122 Å². The average Bonchev–Trinajstić information content (AvgIpc) is 1.33. The van der Waals surface area contributed by atoms with Gasteiger partial charge < -0.3 is 50.9 Å². The lowest BCUT2D eigenvalue weighted by atomic mass is 9.38. The van der Waals surface area contributed by atoms with Crippen LogP contribution in [0.1, 0.15) is 163 Å². The van der Waals surface area contributed by atoms with Crippen molar-refractivity contribution in [1.29, 1.82) is 0 Å². The normalized spacial score (nSPS) is 36.0. The number of ether oxygens (including phenoxy) is 2. The molecule has 15 atom stereocenters. The molecule has 13 aliphatic rings. The molecule has 12 heteroatoms. The molecule has 480 valence electrons. The SMILES string of the molecule is CCC(C=C1OC(=O)C2=C3c4cc(O)ccc4-c4cccc(c4)C4C=CC56CCC7=C(C(=O)OC7=CCC7(C8CCNC(NC)C8)CC8CC(C9(O)CCCCC9)C#CC(CC=O)C(C)(O)CNC(c9cccc(c9)CCN4)C8C7)C5C12CCC36)Cc1ccccc1. The van der Waals surface area contributed by atoms with Crippen molar-refractivity contribution in [2.24, 2.45) is 63.6 Å². The summed E-state index contributed by atoms with van der Waals surface area (Å²) in [6.45, 7) is 5.74. The summed E-state index contributed by atoms with van der Waals surface area (Å²) in [5.41, 5.74) is 6.17. The van der Waals surface area contributed by atoms with Crippen molar-refractivity contribution in [2.75, 3.05) is 26.7 Å². The quantitative estimate of drug-likeness (QED) is 0.0366. The lowest BCUT2D eigenvalue weighted by Gasteiger charge is -2.62. The molecule has 3 saturated carbocycles. The summed E-state index contributed by atoms with van der Waals surface area (Å²) in [4.78, 5) is 44.2. The van der Waals surface area contributed by atoms with Gasteiger partial charge in [-0.15, -0.1) is 0 Å². The minimum atomic E-state index is -1.37. The van der Waals surface area contributed by atoms with E-state index in [1.165, 1.54) is 11.1 Å². The minimum absolute atomic E-state index is 0.0248. The minimum Gasteiger partial charge on any atom is -0.508 e. The van der Waals surface area contributed by atoms with Gasteiger partial charge in [-0.1, -0.05) is 129 Å². The summed E-state index contributed by atoms with van der Waals surface area (Å²) in [5.74, 6) is 6.59. The van der Waals surface area contributed by atoms with Crippen LogP contribution < -0.4 is 21.3 Å². The van der Waals surface area contributed by atoms with Gasteiger partial charge in [-0.2, -0.15) is 0 Å². The van der Waals surface area contributed by atoms with E-state index in [1.807, 2.05) is 32.2 Å². The summed E-state index contributed by atoms with van der Waals surface area (Å²) >= 11 is 0. The van der Waals surface area contributed by atoms with Crippen LogP contribution in [0.2, 0.25) is 0 Å². The van der Waals surface area contributed by atoms with Gasteiger partial charge in [0.05, 0.1) is 40.3 Å². The van der Waals surface area contributed by atoms with E-state index >= 15 is 9.59 Å². The number of esters is 2. The first-order valence-electron chi connectivity index (χ1n) is 35.0. The van der Waals surface area contributed by atoms with Crippen molar-refractivity contribution in [2.45, 2.75) is 165 Å². The number of piperidine rings is 1. The molecule has 17 rings (SSSR count). The molecule has 12 nitrogen and oxygen atoms in total. The van der Waals surface area contributed by atoms with Gasteiger partial charge in [0.2, 0.25) is 0 Å². The van der Waals surface area contributed by atoms with Crippen molar-refractivity contribution >= 4 is 23.8 Å². The van der Waals surface area contributed by atoms with E-state index in [2.05, 4.69) is 137 Å². The number of hydrogen-bond acceptors (Lipinski definition) is 12. The van der Waals surface area contributed by atoms with Crippen LogP contribution in [0, 0.1) is 75.4 Å². The lowest BCUT2D eigenvalue weighted by molar-refractivity contribution is -0.135. The summed E-state index contributed by atoms with van der Waals surface area (Å²) < 4.78 is 13.9. The maximum absolute atomic E-state index is 16.0. The Kier molecular flexibility index (Phi) is 16.2. The largest absolute Gasteiger partial charge is 0.508 e. The van der Waals surface area contributed by atoms with Crippen molar-refractivity contribution in [3.63, 3.8) is 0 Å².